The van der Waals surface area contributed by atoms with Gasteiger partial charge in [-0.1, -0.05) is 24.3 Å². The number of carbonyl (C=O) groups excluding carboxylic acids is 1. The normalized spacial score (nSPS) is 14.6. The summed E-state index contributed by atoms with van der Waals surface area (Å²) in [5, 5.41) is 3.25. The first kappa shape index (κ1) is 16.0. The number of hydrogen-bond acceptors (Lipinski definition) is 3. The highest BCUT2D eigenvalue weighted by molar-refractivity contribution is 9.10. The number of amides is 1. The summed E-state index contributed by atoms with van der Waals surface area (Å²) in [6, 6.07) is 15.4. The van der Waals surface area contributed by atoms with E-state index >= 15 is 0 Å². The Balaban J connectivity index is 1.60. The van der Waals surface area contributed by atoms with E-state index in [0.717, 1.165) is 47.5 Å². The third-order valence-corrected chi connectivity index (χ3v) is 4.49. The molecule has 0 saturated carbocycles. The Hall–Kier alpha value is -1.85. The minimum atomic E-state index is 0.102. The Morgan fingerprint density at radius 1 is 1.09 bits per heavy atom. The predicted molar refractivity (Wildman–Crippen MR) is 93.7 cm³/mol. The Bertz CT molecular complexity index is 667. The highest BCUT2D eigenvalue weighted by Gasteiger charge is 2.17. The first-order valence-corrected chi connectivity index (χ1v) is 8.49. The van der Waals surface area contributed by atoms with Crippen LogP contribution >= 0.6 is 15.9 Å². The maximum absolute atomic E-state index is 12.4. The largest absolute Gasteiger partial charge is 0.488 e. The monoisotopic (exact) mass is 374 g/mol. The number of rotatable bonds is 4. The Kier molecular flexibility index (Phi) is 5.31. The van der Waals surface area contributed by atoms with Crippen molar-refractivity contribution in [3.8, 4) is 5.75 Å². The van der Waals surface area contributed by atoms with Crippen molar-refractivity contribution < 1.29 is 9.53 Å². The van der Waals surface area contributed by atoms with Gasteiger partial charge in [-0.15, -0.1) is 0 Å². The molecule has 2 aromatic rings. The standard InChI is InChI=1S/C18H19BrN2O2/c19-16-3-1-2-4-17(16)23-13-14-5-7-15(8-6-14)18(22)21-11-9-20-10-12-21/h1-8,20H,9-13H2. The second-order valence-electron chi connectivity index (χ2n) is 5.46. The van der Waals surface area contributed by atoms with Crippen LogP contribution in [0.1, 0.15) is 15.9 Å². The SMILES string of the molecule is O=C(c1ccc(COc2ccccc2Br)cc1)N1CCNCC1. The number of nitrogens with zero attached hydrogens (tertiary/aromatic N) is 1. The van der Waals surface area contributed by atoms with Crippen LogP contribution in [0.25, 0.3) is 0 Å². The highest BCUT2D eigenvalue weighted by atomic mass is 79.9. The van der Waals surface area contributed by atoms with Crippen molar-refractivity contribution in [3.63, 3.8) is 0 Å². The lowest BCUT2D eigenvalue weighted by Crippen LogP contribution is -2.46. The molecule has 0 atom stereocenters. The molecule has 0 unspecified atom stereocenters. The molecule has 1 aliphatic heterocycles. The van der Waals surface area contributed by atoms with Crippen molar-refractivity contribution in [1.29, 1.82) is 0 Å². The lowest BCUT2D eigenvalue weighted by atomic mass is 10.1. The van der Waals surface area contributed by atoms with Gasteiger partial charge < -0.3 is 15.0 Å². The fraction of sp³-hybridized carbons (Fsp3) is 0.278. The molecule has 1 saturated heterocycles. The van der Waals surface area contributed by atoms with Crippen LogP contribution < -0.4 is 10.1 Å². The molecular formula is C18H19BrN2O2. The van der Waals surface area contributed by atoms with E-state index in [1.54, 1.807) is 0 Å². The summed E-state index contributed by atoms with van der Waals surface area (Å²) in [6.45, 7) is 3.75. The summed E-state index contributed by atoms with van der Waals surface area (Å²) in [5.41, 5.74) is 1.77. The van der Waals surface area contributed by atoms with Gasteiger partial charge in [0, 0.05) is 31.7 Å². The molecule has 0 aromatic heterocycles. The fourth-order valence-electron chi connectivity index (χ4n) is 2.52. The van der Waals surface area contributed by atoms with Crippen molar-refractivity contribution in [2.45, 2.75) is 6.61 Å². The van der Waals surface area contributed by atoms with E-state index in [1.807, 2.05) is 53.4 Å². The topological polar surface area (TPSA) is 41.6 Å². The molecular weight excluding hydrogens is 356 g/mol. The van der Waals surface area contributed by atoms with Gasteiger partial charge >= 0.3 is 0 Å². The summed E-state index contributed by atoms with van der Waals surface area (Å²) >= 11 is 3.46. The fourth-order valence-corrected chi connectivity index (χ4v) is 2.92. The van der Waals surface area contributed by atoms with E-state index in [1.165, 1.54) is 0 Å². The van der Waals surface area contributed by atoms with E-state index in [-0.39, 0.29) is 5.91 Å². The van der Waals surface area contributed by atoms with Crippen molar-refractivity contribution >= 4 is 21.8 Å². The van der Waals surface area contributed by atoms with E-state index in [9.17, 15) is 4.79 Å². The number of benzene rings is 2. The Morgan fingerprint density at radius 2 is 1.78 bits per heavy atom. The maximum atomic E-state index is 12.4. The van der Waals surface area contributed by atoms with Gasteiger partial charge in [0.2, 0.25) is 0 Å². The van der Waals surface area contributed by atoms with Crippen molar-refractivity contribution in [1.82, 2.24) is 10.2 Å². The molecule has 0 aliphatic carbocycles. The molecule has 0 spiro atoms. The number of piperazine rings is 1. The highest BCUT2D eigenvalue weighted by Crippen LogP contribution is 2.24. The van der Waals surface area contributed by atoms with E-state index in [0.29, 0.717) is 6.61 Å². The smallest absolute Gasteiger partial charge is 0.253 e. The molecule has 0 radical (unpaired) electrons. The number of carbonyl (C=O) groups is 1. The summed E-state index contributed by atoms with van der Waals surface area (Å²) in [5.74, 6) is 0.915. The van der Waals surface area contributed by atoms with Gasteiger partial charge in [0.05, 0.1) is 4.47 Å². The zero-order valence-corrected chi connectivity index (χ0v) is 14.4. The number of nitrogens with one attached hydrogen (secondary N) is 1. The molecule has 2 aromatic carbocycles. The molecule has 0 bridgehead atoms. The van der Waals surface area contributed by atoms with Crippen molar-refractivity contribution in [3.05, 3.63) is 64.1 Å². The van der Waals surface area contributed by atoms with E-state index < -0.39 is 0 Å². The van der Waals surface area contributed by atoms with Gasteiger partial charge in [0.15, 0.2) is 0 Å². The molecule has 1 fully saturated rings. The van der Waals surface area contributed by atoms with Gasteiger partial charge in [-0.25, -0.2) is 0 Å². The number of hydrogen-bond donors (Lipinski definition) is 1. The van der Waals surface area contributed by atoms with Gasteiger partial charge in [0.1, 0.15) is 12.4 Å². The number of para-hydroxylation sites is 1. The minimum absolute atomic E-state index is 0.102. The molecule has 4 nitrogen and oxygen atoms in total. The van der Waals surface area contributed by atoms with Crippen LogP contribution in [0, 0.1) is 0 Å². The molecule has 1 N–H and O–H groups in total. The average molecular weight is 375 g/mol. The molecule has 1 aliphatic rings. The lowest BCUT2D eigenvalue weighted by Gasteiger charge is -2.27. The minimum Gasteiger partial charge on any atom is -0.488 e. The number of ether oxygens (including phenoxy) is 1. The van der Waals surface area contributed by atoms with Crippen molar-refractivity contribution in [2.24, 2.45) is 0 Å². The van der Waals surface area contributed by atoms with Crippen LogP contribution in [0.3, 0.4) is 0 Å². The molecule has 1 amide bonds. The van der Waals surface area contributed by atoms with E-state index in [2.05, 4.69) is 21.2 Å². The van der Waals surface area contributed by atoms with Gasteiger partial charge in [0.25, 0.3) is 5.91 Å². The van der Waals surface area contributed by atoms with Crippen LogP contribution in [0.15, 0.2) is 53.0 Å². The summed E-state index contributed by atoms with van der Waals surface area (Å²) in [6.07, 6.45) is 0. The average Bonchev–Trinajstić information content (AvgIpc) is 2.62. The first-order valence-electron chi connectivity index (χ1n) is 7.70. The molecule has 5 heteroatoms. The van der Waals surface area contributed by atoms with Crippen LogP contribution in [-0.4, -0.2) is 37.0 Å². The molecule has 23 heavy (non-hydrogen) atoms. The zero-order valence-electron chi connectivity index (χ0n) is 12.8. The van der Waals surface area contributed by atoms with Gasteiger partial charge in [-0.3, -0.25) is 4.79 Å². The summed E-state index contributed by atoms with van der Waals surface area (Å²) in [4.78, 5) is 14.3. The first-order chi connectivity index (χ1) is 11.2. The molecule has 120 valence electrons. The van der Waals surface area contributed by atoms with Crippen LogP contribution in [0.5, 0.6) is 5.75 Å². The second-order valence-corrected chi connectivity index (χ2v) is 6.31. The Morgan fingerprint density at radius 3 is 2.48 bits per heavy atom. The quantitative estimate of drug-likeness (QED) is 0.893. The van der Waals surface area contributed by atoms with E-state index in [4.69, 9.17) is 4.74 Å². The van der Waals surface area contributed by atoms with Crippen LogP contribution in [-0.2, 0) is 6.61 Å². The predicted octanol–water partition coefficient (Wildman–Crippen LogP) is 3.07. The molecule has 3 rings (SSSR count). The number of halogens is 1. The summed E-state index contributed by atoms with van der Waals surface area (Å²) < 4.78 is 6.72. The third kappa shape index (κ3) is 4.12. The third-order valence-electron chi connectivity index (χ3n) is 3.84. The summed E-state index contributed by atoms with van der Waals surface area (Å²) in [7, 11) is 0. The Labute approximate surface area is 144 Å². The van der Waals surface area contributed by atoms with Crippen molar-refractivity contribution in [2.75, 3.05) is 26.2 Å². The van der Waals surface area contributed by atoms with Crippen LogP contribution in [0.2, 0.25) is 0 Å². The second kappa shape index (κ2) is 7.62. The maximum Gasteiger partial charge on any atom is 0.253 e. The molecule has 1 heterocycles. The zero-order chi connectivity index (χ0) is 16.1. The van der Waals surface area contributed by atoms with Gasteiger partial charge in [-0.05, 0) is 45.8 Å². The van der Waals surface area contributed by atoms with Crippen LogP contribution in [0.4, 0.5) is 0 Å². The van der Waals surface area contributed by atoms with Gasteiger partial charge in [-0.2, -0.15) is 0 Å². The lowest BCUT2D eigenvalue weighted by molar-refractivity contribution is 0.0736.